The lowest BCUT2D eigenvalue weighted by atomic mass is 10.1. The highest BCUT2D eigenvalue weighted by molar-refractivity contribution is 9.10. The lowest BCUT2D eigenvalue weighted by Crippen LogP contribution is -2.24. The molecule has 0 aliphatic carbocycles. The Kier molecular flexibility index (Phi) is 6.94. The summed E-state index contributed by atoms with van der Waals surface area (Å²) >= 11 is 3.35. The third-order valence-corrected chi connectivity index (χ3v) is 3.20. The first kappa shape index (κ1) is 14.2. The van der Waals surface area contributed by atoms with E-state index < -0.39 is 0 Å². The maximum absolute atomic E-state index is 11.7. The molecule has 0 bridgehead atoms. The van der Waals surface area contributed by atoms with Gasteiger partial charge in [-0.2, -0.15) is 0 Å². The highest BCUT2D eigenvalue weighted by Gasteiger charge is 2.03. The molecule has 0 aliphatic rings. The van der Waals surface area contributed by atoms with E-state index in [1.165, 1.54) is 25.7 Å². The van der Waals surface area contributed by atoms with E-state index in [1.54, 1.807) is 0 Å². The number of rotatable bonds is 7. The largest absolute Gasteiger partial charge is 0.352 e. The number of amides is 1. The Balaban J connectivity index is 2.19. The van der Waals surface area contributed by atoms with Crippen LogP contribution in [0.5, 0.6) is 0 Å². The first-order chi connectivity index (χ1) is 8.24. The fraction of sp³-hybridized carbons (Fsp3) is 0.500. The van der Waals surface area contributed by atoms with Gasteiger partial charge < -0.3 is 5.32 Å². The third-order valence-electron chi connectivity index (χ3n) is 2.67. The number of hydrogen-bond donors (Lipinski definition) is 1. The number of unbranched alkanes of at least 4 members (excludes halogenated alkanes) is 4. The molecule has 0 heterocycles. The molecule has 0 atom stereocenters. The standard InChI is InChI=1S/C14H20BrNO/c1-2-3-4-5-6-11-16-14(17)12-7-9-13(15)10-8-12/h7-10H,2-6,11H2,1H3,(H,16,17). The Hall–Kier alpha value is -0.830. The Bertz CT molecular complexity index is 335. The second-order valence-electron chi connectivity index (χ2n) is 4.18. The van der Waals surface area contributed by atoms with Gasteiger partial charge in [0.05, 0.1) is 0 Å². The van der Waals surface area contributed by atoms with Crippen LogP contribution in [0.4, 0.5) is 0 Å². The van der Waals surface area contributed by atoms with E-state index >= 15 is 0 Å². The molecule has 0 radical (unpaired) electrons. The summed E-state index contributed by atoms with van der Waals surface area (Å²) < 4.78 is 0.994. The maximum Gasteiger partial charge on any atom is 0.251 e. The predicted molar refractivity (Wildman–Crippen MR) is 75.2 cm³/mol. The average molecular weight is 298 g/mol. The van der Waals surface area contributed by atoms with E-state index in [4.69, 9.17) is 0 Å². The van der Waals surface area contributed by atoms with Crippen molar-refractivity contribution in [2.45, 2.75) is 39.0 Å². The summed E-state index contributed by atoms with van der Waals surface area (Å²) in [5.41, 5.74) is 0.724. The molecule has 0 saturated heterocycles. The van der Waals surface area contributed by atoms with E-state index in [-0.39, 0.29) is 5.91 Å². The van der Waals surface area contributed by atoms with Crippen molar-refractivity contribution < 1.29 is 4.79 Å². The van der Waals surface area contributed by atoms with Crippen LogP contribution in [0.2, 0.25) is 0 Å². The molecule has 1 aromatic carbocycles. The SMILES string of the molecule is CCCCCCCNC(=O)c1ccc(Br)cc1. The van der Waals surface area contributed by atoms with Crippen LogP contribution in [0.1, 0.15) is 49.4 Å². The zero-order valence-electron chi connectivity index (χ0n) is 10.3. The number of nitrogens with one attached hydrogen (secondary N) is 1. The summed E-state index contributed by atoms with van der Waals surface area (Å²) in [4.78, 5) is 11.7. The van der Waals surface area contributed by atoms with Crippen molar-refractivity contribution in [3.8, 4) is 0 Å². The van der Waals surface area contributed by atoms with Crippen molar-refractivity contribution in [1.29, 1.82) is 0 Å². The van der Waals surface area contributed by atoms with Crippen molar-refractivity contribution in [2.75, 3.05) is 6.54 Å². The number of benzene rings is 1. The minimum absolute atomic E-state index is 0.0213. The van der Waals surface area contributed by atoms with Crippen molar-refractivity contribution in [3.63, 3.8) is 0 Å². The Morgan fingerprint density at radius 3 is 2.41 bits per heavy atom. The second-order valence-corrected chi connectivity index (χ2v) is 5.09. The van der Waals surface area contributed by atoms with Gasteiger partial charge in [0.25, 0.3) is 5.91 Å². The summed E-state index contributed by atoms with van der Waals surface area (Å²) in [7, 11) is 0. The smallest absolute Gasteiger partial charge is 0.251 e. The molecule has 0 spiro atoms. The average Bonchev–Trinajstić information content (AvgIpc) is 2.34. The number of carbonyl (C=O) groups is 1. The zero-order valence-corrected chi connectivity index (χ0v) is 11.9. The summed E-state index contributed by atoms with van der Waals surface area (Å²) in [5, 5.41) is 2.94. The monoisotopic (exact) mass is 297 g/mol. The minimum atomic E-state index is 0.0213. The molecule has 1 aromatic rings. The summed E-state index contributed by atoms with van der Waals surface area (Å²) in [6.45, 7) is 2.98. The summed E-state index contributed by atoms with van der Waals surface area (Å²) in [6, 6.07) is 7.43. The molecule has 0 saturated carbocycles. The Labute approximate surface area is 112 Å². The van der Waals surface area contributed by atoms with Gasteiger partial charge in [0.2, 0.25) is 0 Å². The molecule has 0 aromatic heterocycles. The molecule has 0 aliphatic heterocycles. The van der Waals surface area contributed by atoms with Gasteiger partial charge in [-0.3, -0.25) is 4.79 Å². The van der Waals surface area contributed by atoms with Crippen LogP contribution >= 0.6 is 15.9 Å². The van der Waals surface area contributed by atoms with Crippen molar-refractivity contribution >= 4 is 21.8 Å². The highest BCUT2D eigenvalue weighted by atomic mass is 79.9. The van der Waals surface area contributed by atoms with Gasteiger partial charge in [-0.25, -0.2) is 0 Å². The molecule has 2 nitrogen and oxygen atoms in total. The topological polar surface area (TPSA) is 29.1 Å². The first-order valence-electron chi connectivity index (χ1n) is 6.28. The molecule has 1 amide bonds. The quantitative estimate of drug-likeness (QED) is 0.753. The first-order valence-corrected chi connectivity index (χ1v) is 7.07. The lowest BCUT2D eigenvalue weighted by Gasteiger charge is -2.05. The van der Waals surface area contributed by atoms with Gasteiger partial charge in [0, 0.05) is 16.6 Å². The van der Waals surface area contributed by atoms with Crippen molar-refractivity contribution in [1.82, 2.24) is 5.32 Å². The van der Waals surface area contributed by atoms with Crippen LogP contribution in [0.15, 0.2) is 28.7 Å². The molecule has 3 heteroatoms. The summed E-state index contributed by atoms with van der Waals surface area (Å²) in [6.07, 6.45) is 6.09. The van der Waals surface area contributed by atoms with Crippen molar-refractivity contribution in [3.05, 3.63) is 34.3 Å². The third kappa shape index (κ3) is 5.87. The number of hydrogen-bond acceptors (Lipinski definition) is 1. The van der Waals surface area contributed by atoms with Crippen molar-refractivity contribution in [2.24, 2.45) is 0 Å². The number of carbonyl (C=O) groups excluding carboxylic acids is 1. The van der Waals surface area contributed by atoms with Gasteiger partial charge in [-0.05, 0) is 30.7 Å². The maximum atomic E-state index is 11.7. The van der Waals surface area contributed by atoms with Crippen LogP contribution < -0.4 is 5.32 Å². The van der Waals surface area contributed by atoms with E-state index in [0.717, 1.165) is 23.0 Å². The molecule has 0 fully saturated rings. The van der Waals surface area contributed by atoms with Crippen LogP contribution in [0.3, 0.4) is 0 Å². The normalized spacial score (nSPS) is 10.2. The van der Waals surface area contributed by atoms with Gasteiger partial charge >= 0.3 is 0 Å². The van der Waals surface area contributed by atoms with Gasteiger partial charge in [0.15, 0.2) is 0 Å². The number of halogens is 1. The Morgan fingerprint density at radius 1 is 1.12 bits per heavy atom. The minimum Gasteiger partial charge on any atom is -0.352 e. The fourth-order valence-corrected chi connectivity index (χ4v) is 1.90. The highest BCUT2D eigenvalue weighted by Crippen LogP contribution is 2.10. The van der Waals surface area contributed by atoms with Crippen LogP contribution in [0, 0.1) is 0 Å². The van der Waals surface area contributed by atoms with E-state index in [1.807, 2.05) is 24.3 Å². The summed E-state index contributed by atoms with van der Waals surface area (Å²) in [5.74, 6) is 0.0213. The van der Waals surface area contributed by atoms with E-state index in [0.29, 0.717) is 0 Å². The molecule has 17 heavy (non-hydrogen) atoms. The molecule has 1 rings (SSSR count). The van der Waals surface area contributed by atoms with Gasteiger partial charge in [-0.1, -0.05) is 48.5 Å². The van der Waals surface area contributed by atoms with Gasteiger partial charge in [0.1, 0.15) is 0 Å². The van der Waals surface area contributed by atoms with E-state index in [2.05, 4.69) is 28.2 Å². The fourth-order valence-electron chi connectivity index (χ4n) is 1.63. The van der Waals surface area contributed by atoms with E-state index in [9.17, 15) is 4.79 Å². The van der Waals surface area contributed by atoms with Crippen LogP contribution in [0.25, 0.3) is 0 Å². The molecular formula is C14H20BrNO. The van der Waals surface area contributed by atoms with Crippen LogP contribution in [-0.4, -0.2) is 12.5 Å². The van der Waals surface area contributed by atoms with Crippen LogP contribution in [-0.2, 0) is 0 Å². The predicted octanol–water partition coefficient (Wildman–Crippen LogP) is 4.15. The molecule has 94 valence electrons. The lowest BCUT2D eigenvalue weighted by molar-refractivity contribution is 0.0953. The second kappa shape index (κ2) is 8.29. The molecule has 0 unspecified atom stereocenters. The Morgan fingerprint density at radius 2 is 1.76 bits per heavy atom. The molecular weight excluding hydrogens is 278 g/mol. The molecule has 1 N–H and O–H groups in total. The van der Waals surface area contributed by atoms with Gasteiger partial charge in [-0.15, -0.1) is 0 Å². The zero-order chi connectivity index (χ0) is 12.5.